The fourth-order valence-corrected chi connectivity index (χ4v) is 1.28. The molecule has 1 aliphatic heterocycles. The standard InChI is InChI=1S/C9H16O/c1-4-9-5-7(2)8(3)6-10-9/h7,9H,3-6H2,1-2H3/t7-,9+/m1/s1. The smallest absolute Gasteiger partial charge is 0.0680 e. The van der Waals surface area contributed by atoms with Crippen molar-refractivity contribution in [3.8, 4) is 0 Å². The molecular formula is C9H16O. The first-order chi connectivity index (χ1) is 4.74. The number of rotatable bonds is 1. The second-order valence-electron chi connectivity index (χ2n) is 3.14. The van der Waals surface area contributed by atoms with Gasteiger partial charge in [0.25, 0.3) is 0 Å². The predicted octanol–water partition coefficient (Wildman–Crippen LogP) is 2.38. The van der Waals surface area contributed by atoms with Gasteiger partial charge in [-0.05, 0) is 24.3 Å². The lowest BCUT2D eigenvalue weighted by Gasteiger charge is -2.28. The number of hydrogen-bond donors (Lipinski definition) is 0. The van der Waals surface area contributed by atoms with Gasteiger partial charge in [-0.3, -0.25) is 0 Å². The van der Waals surface area contributed by atoms with Gasteiger partial charge < -0.3 is 4.74 Å². The minimum Gasteiger partial charge on any atom is -0.374 e. The van der Waals surface area contributed by atoms with Gasteiger partial charge in [-0.1, -0.05) is 20.4 Å². The SMILES string of the molecule is C=C1CO[C@@H](CC)C[C@H]1C. The molecule has 0 aromatic rings. The van der Waals surface area contributed by atoms with Gasteiger partial charge in [0, 0.05) is 0 Å². The molecule has 0 aromatic carbocycles. The molecule has 0 N–H and O–H groups in total. The van der Waals surface area contributed by atoms with E-state index in [-0.39, 0.29) is 0 Å². The molecule has 0 spiro atoms. The zero-order valence-corrected chi connectivity index (χ0v) is 6.89. The van der Waals surface area contributed by atoms with Crippen molar-refractivity contribution in [3.05, 3.63) is 12.2 Å². The van der Waals surface area contributed by atoms with E-state index in [1.165, 1.54) is 5.57 Å². The zero-order valence-electron chi connectivity index (χ0n) is 6.89. The Kier molecular flexibility index (Phi) is 2.50. The third kappa shape index (κ3) is 1.60. The summed E-state index contributed by atoms with van der Waals surface area (Å²) < 4.78 is 5.51. The second-order valence-corrected chi connectivity index (χ2v) is 3.14. The topological polar surface area (TPSA) is 9.23 Å². The highest BCUT2D eigenvalue weighted by Crippen LogP contribution is 2.24. The van der Waals surface area contributed by atoms with E-state index in [1.54, 1.807) is 0 Å². The van der Waals surface area contributed by atoms with Gasteiger partial charge in [-0.15, -0.1) is 0 Å². The Morgan fingerprint density at radius 3 is 2.90 bits per heavy atom. The van der Waals surface area contributed by atoms with Crippen molar-refractivity contribution in [3.63, 3.8) is 0 Å². The van der Waals surface area contributed by atoms with Crippen LogP contribution in [0.2, 0.25) is 0 Å². The Morgan fingerprint density at radius 2 is 2.40 bits per heavy atom. The molecule has 2 atom stereocenters. The van der Waals surface area contributed by atoms with Crippen molar-refractivity contribution >= 4 is 0 Å². The molecule has 0 saturated carbocycles. The zero-order chi connectivity index (χ0) is 7.56. The van der Waals surface area contributed by atoms with Gasteiger partial charge in [0.05, 0.1) is 12.7 Å². The highest BCUT2D eigenvalue weighted by atomic mass is 16.5. The third-order valence-electron chi connectivity index (χ3n) is 2.27. The lowest BCUT2D eigenvalue weighted by Crippen LogP contribution is -2.25. The van der Waals surface area contributed by atoms with Crippen LogP contribution in [0.1, 0.15) is 26.7 Å². The second kappa shape index (κ2) is 3.20. The summed E-state index contributed by atoms with van der Waals surface area (Å²) in [7, 11) is 0. The van der Waals surface area contributed by atoms with E-state index in [0.29, 0.717) is 12.0 Å². The Balaban J connectivity index is 2.40. The van der Waals surface area contributed by atoms with Crippen LogP contribution in [0.3, 0.4) is 0 Å². The molecule has 58 valence electrons. The van der Waals surface area contributed by atoms with Gasteiger partial charge >= 0.3 is 0 Å². The Bertz CT molecular complexity index is 129. The largest absolute Gasteiger partial charge is 0.374 e. The summed E-state index contributed by atoms with van der Waals surface area (Å²) in [4.78, 5) is 0. The van der Waals surface area contributed by atoms with E-state index < -0.39 is 0 Å². The van der Waals surface area contributed by atoms with Crippen molar-refractivity contribution in [2.45, 2.75) is 32.8 Å². The molecular weight excluding hydrogens is 124 g/mol. The summed E-state index contributed by atoms with van der Waals surface area (Å²) in [6.07, 6.45) is 2.79. The van der Waals surface area contributed by atoms with Crippen LogP contribution < -0.4 is 0 Å². The number of hydrogen-bond acceptors (Lipinski definition) is 1. The van der Waals surface area contributed by atoms with Crippen molar-refractivity contribution in [2.75, 3.05) is 6.61 Å². The quantitative estimate of drug-likeness (QED) is 0.508. The van der Waals surface area contributed by atoms with Crippen LogP contribution in [0, 0.1) is 5.92 Å². The molecule has 1 saturated heterocycles. The van der Waals surface area contributed by atoms with Crippen molar-refractivity contribution in [1.29, 1.82) is 0 Å². The predicted molar refractivity (Wildman–Crippen MR) is 43.0 cm³/mol. The van der Waals surface area contributed by atoms with Gasteiger partial charge in [0.15, 0.2) is 0 Å². The van der Waals surface area contributed by atoms with Crippen molar-refractivity contribution < 1.29 is 4.74 Å². The van der Waals surface area contributed by atoms with Crippen LogP contribution in [0.25, 0.3) is 0 Å². The van der Waals surface area contributed by atoms with Crippen LogP contribution in [0.4, 0.5) is 0 Å². The van der Waals surface area contributed by atoms with Crippen LogP contribution in [0.15, 0.2) is 12.2 Å². The molecule has 1 aliphatic rings. The molecule has 0 bridgehead atoms. The molecule has 1 rings (SSSR count). The molecule has 0 aliphatic carbocycles. The molecule has 1 heteroatoms. The minimum atomic E-state index is 0.487. The van der Waals surface area contributed by atoms with E-state index in [2.05, 4.69) is 20.4 Å². The lowest BCUT2D eigenvalue weighted by molar-refractivity contribution is 0.0249. The number of ether oxygens (including phenoxy) is 1. The summed E-state index contributed by atoms with van der Waals surface area (Å²) >= 11 is 0. The maximum absolute atomic E-state index is 5.51. The van der Waals surface area contributed by atoms with Crippen molar-refractivity contribution in [2.24, 2.45) is 5.92 Å². The summed E-state index contributed by atoms with van der Waals surface area (Å²) in [6.45, 7) is 9.12. The summed E-state index contributed by atoms with van der Waals surface area (Å²) in [6, 6.07) is 0. The first-order valence-electron chi connectivity index (χ1n) is 4.03. The Morgan fingerprint density at radius 1 is 1.70 bits per heavy atom. The van der Waals surface area contributed by atoms with Crippen LogP contribution in [-0.2, 0) is 4.74 Å². The summed E-state index contributed by atoms with van der Waals surface area (Å²) in [5, 5.41) is 0. The van der Waals surface area contributed by atoms with E-state index in [0.717, 1.165) is 19.4 Å². The summed E-state index contributed by atoms with van der Waals surface area (Å²) in [5.41, 5.74) is 1.25. The third-order valence-corrected chi connectivity index (χ3v) is 2.27. The van der Waals surface area contributed by atoms with Crippen LogP contribution >= 0.6 is 0 Å². The van der Waals surface area contributed by atoms with E-state index in [9.17, 15) is 0 Å². The first kappa shape index (κ1) is 7.80. The fraction of sp³-hybridized carbons (Fsp3) is 0.778. The maximum Gasteiger partial charge on any atom is 0.0680 e. The maximum atomic E-state index is 5.51. The monoisotopic (exact) mass is 140 g/mol. The molecule has 1 heterocycles. The van der Waals surface area contributed by atoms with Crippen molar-refractivity contribution in [1.82, 2.24) is 0 Å². The van der Waals surface area contributed by atoms with Gasteiger partial charge in [0.1, 0.15) is 0 Å². The highest BCUT2D eigenvalue weighted by Gasteiger charge is 2.19. The molecule has 1 nitrogen and oxygen atoms in total. The van der Waals surface area contributed by atoms with E-state index >= 15 is 0 Å². The van der Waals surface area contributed by atoms with Gasteiger partial charge in [-0.25, -0.2) is 0 Å². The van der Waals surface area contributed by atoms with E-state index in [1.807, 2.05) is 0 Å². The molecule has 0 amide bonds. The normalized spacial score (nSPS) is 34.4. The lowest BCUT2D eigenvalue weighted by atomic mass is 9.93. The van der Waals surface area contributed by atoms with E-state index in [4.69, 9.17) is 4.74 Å². The highest BCUT2D eigenvalue weighted by molar-refractivity contribution is 5.02. The fourth-order valence-electron chi connectivity index (χ4n) is 1.28. The molecule has 0 radical (unpaired) electrons. The van der Waals surface area contributed by atoms with Gasteiger partial charge in [-0.2, -0.15) is 0 Å². The Labute approximate surface area is 63.1 Å². The van der Waals surface area contributed by atoms with Gasteiger partial charge in [0.2, 0.25) is 0 Å². The summed E-state index contributed by atoms with van der Waals surface area (Å²) in [5.74, 6) is 0.665. The molecule has 0 aromatic heterocycles. The minimum absolute atomic E-state index is 0.487. The first-order valence-corrected chi connectivity index (χ1v) is 4.03. The Hall–Kier alpha value is -0.300. The molecule has 10 heavy (non-hydrogen) atoms. The average Bonchev–Trinajstić information content (AvgIpc) is 1.95. The molecule has 1 fully saturated rings. The molecule has 0 unspecified atom stereocenters. The average molecular weight is 140 g/mol. The van der Waals surface area contributed by atoms with Crippen LogP contribution in [0.5, 0.6) is 0 Å². The van der Waals surface area contributed by atoms with Crippen LogP contribution in [-0.4, -0.2) is 12.7 Å².